The first-order chi connectivity index (χ1) is 12.3. The molecule has 0 amide bonds. The minimum atomic E-state index is -0.282. The van der Waals surface area contributed by atoms with Crippen molar-refractivity contribution in [2.75, 3.05) is 0 Å². The van der Waals surface area contributed by atoms with Crippen molar-refractivity contribution in [3.63, 3.8) is 0 Å². The molecule has 0 aromatic carbocycles. The Labute approximate surface area is 157 Å². The maximum Gasteiger partial charge on any atom is 0.311 e. The normalized spacial score (nSPS) is 42.2. The second kappa shape index (κ2) is 6.07. The molecule has 0 aromatic heterocycles. The fourth-order valence-electron chi connectivity index (χ4n) is 6.88. The molecule has 3 unspecified atom stereocenters. The topological polar surface area (TPSA) is 43.4 Å². The van der Waals surface area contributed by atoms with Crippen LogP contribution in [0.2, 0.25) is 0 Å². The zero-order chi connectivity index (χ0) is 18.7. The molecule has 0 radical (unpaired) electrons. The fourth-order valence-corrected chi connectivity index (χ4v) is 6.88. The van der Waals surface area contributed by atoms with Gasteiger partial charge in [0, 0.05) is 12.8 Å². The SMILES string of the molecule is C=C1CCC2C3CCC4=C(OC(=O)CC)C(=O)CC[C@]4(C)C3CC[C@]12C. The van der Waals surface area contributed by atoms with Gasteiger partial charge in [-0.1, -0.05) is 32.9 Å². The summed E-state index contributed by atoms with van der Waals surface area (Å²) in [5, 5.41) is 0. The number of carbonyl (C=O) groups excluding carboxylic acids is 2. The van der Waals surface area contributed by atoms with Gasteiger partial charge in [0.15, 0.2) is 11.5 Å². The van der Waals surface area contributed by atoms with Crippen molar-refractivity contribution in [2.24, 2.45) is 28.6 Å². The number of hydrogen-bond acceptors (Lipinski definition) is 3. The van der Waals surface area contributed by atoms with Gasteiger partial charge in [0.1, 0.15) is 0 Å². The van der Waals surface area contributed by atoms with E-state index in [1.807, 2.05) is 0 Å². The minimum absolute atomic E-state index is 0.0193. The van der Waals surface area contributed by atoms with Gasteiger partial charge in [0.05, 0.1) is 0 Å². The molecule has 26 heavy (non-hydrogen) atoms. The number of ketones is 1. The monoisotopic (exact) mass is 356 g/mol. The molecule has 0 saturated heterocycles. The van der Waals surface area contributed by atoms with E-state index in [-0.39, 0.29) is 17.2 Å². The van der Waals surface area contributed by atoms with Crippen molar-refractivity contribution in [1.29, 1.82) is 0 Å². The number of allylic oxidation sites excluding steroid dienone is 2. The van der Waals surface area contributed by atoms with Gasteiger partial charge in [-0.25, -0.2) is 0 Å². The summed E-state index contributed by atoms with van der Waals surface area (Å²) >= 11 is 0. The average molecular weight is 357 g/mol. The van der Waals surface area contributed by atoms with Gasteiger partial charge < -0.3 is 4.74 Å². The van der Waals surface area contributed by atoms with Crippen LogP contribution in [-0.4, -0.2) is 11.8 Å². The van der Waals surface area contributed by atoms with Crippen molar-refractivity contribution in [1.82, 2.24) is 0 Å². The second-order valence-corrected chi connectivity index (χ2v) is 9.49. The van der Waals surface area contributed by atoms with Crippen molar-refractivity contribution in [3.05, 3.63) is 23.5 Å². The van der Waals surface area contributed by atoms with Crippen LogP contribution in [-0.2, 0) is 14.3 Å². The lowest BCUT2D eigenvalue weighted by atomic mass is 9.47. The van der Waals surface area contributed by atoms with Crippen LogP contribution in [0.25, 0.3) is 0 Å². The molecule has 0 aliphatic heterocycles. The number of fused-ring (bicyclic) bond motifs is 5. The van der Waals surface area contributed by atoms with E-state index in [2.05, 4.69) is 20.4 Å². The lowest BCUT2D eigenvalue weighted by molar-refractivity contribution is -0.143. The highest BCUT2D eigenvalue weighted by atomic mass is 16.5. The first-order valence-electron chi connectivity index (χ1n) is 10.5. The van der Waals surface area contributed by atoms with Crippen LogP contribution in [0.4, 0.5) is 0 Å². The number of esters is 1. The lowest BCUT2D eigenvalue weighted by Gasteiger charge is -2.57. The summed E-state index contributed by atoms with van der Waals surface area (Å²) in [6, 6.07) is 0. The molecule has 0 spiro atoms. The molecule has 4 aliphatic rings. The third kappa shape index (κ3) is 2.38. The standard InChI is InChI=1S/C23H32O3/c1-5-20(25)26-21-18-9-7-15-16-8-6-14(2)22(16,3)12-10-17(15)23(18,4)13-11-19(21)24/h15-17H,2,5-13H2,1,3-4H3/t15?,16?,17?,22-,23-/m1/s1. The van der Waals surface area contributed by atoms with Gasteiger partial charge in [0.2, 0.25) is 0 Å². The predicted octanol–water partition coefficient (Wildman–Crippen LogP) is 5.36. The summed E-state index contributed by atoms with van der Waals surface area (Å²) in [4.78, 5) is 24.4. The quantitative estimate of drug-likeness (QED) is 0.494. The lowest BCUT2D eigenvalue weighted by Crippen LogP contribution is -2.50. The Hall–Kier alpha value is -1.38. The Morgan fingerprint density at radius 2 is 1.81 bits per heavy atom. The Balaban J connectivity index is 1.70. The Bertz CT molecular complexity index is 702. The minimum Gasteiger partial charge on any atom is -0.423 e. The smallest absolute Gasteiger partial charge is 0.311 e. The van der Waals surface area contributed by atoms with Crippen molar-refractivity contribution in [2.45, 2.75) is 78.6 Å². The predicted molar refractivity (Wildman–Crippen MR) is 101 cm³/mol. The highest BCUT2D eigenvalue weighted by Gasteiger charge is 2.58. The molecule has 0 aromatic rings. The van der Waals surface area contributed by atoms with Crippen LogP contribution < -0.4 is 0 Å². The van der Waals surface area contributed by atoms with Gasteiger partial charge in [-0.3, -0.25) is 9.59 Å². The van der Waals surface area contributed by atoms with E-state index in [4.69, 9.17) is 4.74 Å². The molecular formula is C23H32O3. The van der Waals surface area contributed by atoms with E-state index in [1.54, 1.807) is 6.92 Å². The van der Waals surface area contributed by atoms with Crippen molar-refractivity contribution < 1.29 is 14.3 Å². The maximum absolute atomic E-state index is 12.5. The summed E-state index contributed by atoms with van der Waals surface area (Å²) in [6.07, 6.45) is 8.68. The molecule has 5 atom stereocenters. The molecule has 3 saturated carbocycles. The number of Topliss-reactive ketones (excluding diaryl/α,β-unsaturated/α-hetero) is 1. The number of ether oxygens (including phenoxy) is 1. The van der Waals surface area contributed by atoms with E-state index < -0.39 is 0 Å². The number of rotatable bonds is 2. The molecule has 0 heterocycles. The van der Waals surface area contributed by atoms with E-state index >= 15 is 0 Å². The highest BCUT2D eigenvalue weighted by molar-refractivity contribution is 5.97. The summed E-state index contributed by atoms with van der Waals surface area (Å²) < 4.78 is 5.57. The second-order valence-electron chi connectivity index (χ2n) is 9.49. The van der Waals surface area contributed by atoms with Gasteiger partial charge >= 0.3 is 5.97 Å². The largest absolute Gasteiger partial charge is 0.423 e. The molecule has 0 N–H and O–H groups in total. The van der Waals surface area contributed by atoms with E-state index in [9.17, 15) is 9.59 Å². The first-order valence-corrected chi connectivity index (χ1v) is 10.5. The summed E-state index contributed by atoms with van der Waals surface area (Å²) in [6.45, 7) is 11.0. The third-order valence-corrected chi connectivity index (χ3v) is 8.53. The van der Waals surface area contributed by atoms with E-state index in [0.717, 1.165) is 36.7 Å². The van der Waals surface area contributed by atoms with Crippen LogP contribution in [0, 0.1) is 28.6 Å². The zero-order valence-electron chi connectivity index (χ0n) is 16.5. The molecule has 3 nitrogen and oxygen atoms in total. The molecule has 3 fully saturated rings. The molecular weight excluding hydrogens is 324 g/mol. The van der Waals surface area contributed by atoms with Crippen LogP contribution in [0.5, 0.6) is 0 Å². The van der Waals surface area contributed by atoms with E-state index in [1.165, 1.54) is 31.3 Å². The van der Waals surface area contributed by atoms with Crippen molar-refractivity contribution in [3.8, 4) is 0 Å². The Morgan fingerprint density at radius 3 is 2.54 bits per heavy atom. The molecule has 142 valence electrons. The summed E-state index contributed by atoms with van der Waals surface area (Å²) in [5.41, 5.74) is 2.95. The third-order valence-electron chi connectivity index (χ3n) is 8.53. The van der Waals surface area contributed by atoms with Crippen LogP contribution in [0.3, 0.4) is 0 Å². The molecule has 0 bridgehead atoms. The van der Waals surface area contributed by atoms with Gasteiger partial charge in [-0.05, 0) is 79.1 Å². The van der Waals surface area contributed by atoms with E-state index in [0.29, 0.717) is 29.9 Å². The van der Waals surface area contributed by atoms with Crippen LogP contribution >= 0.6 is 0 Å². The average Bonchev–Trinajstić information content (AvgIpc) is 2.93. The van der Waals surface area contributed by atoms with Crippen LogP contribution in [0.15, 0.2) is 23.5 Å². The Morgan fingerprint density at radius 1 is 1.08 bits per heavy atom. The zero-order valence-corrected chi connectivity index (χ0v) is 16.5. The molecule has 3 heteroatoms. The maximum atomic E-state index is 12.5. The van der Waals surface area contributed by atoms with Gasteiger partial charge in [0.25, 0.3) is 0 Å². The Kier molecular flexibility index (Phi) is 4.20. The number of hydrogen-bond donors (Lipinski definition) is 0. The molecule has 4 aliphatic carbocycles. The van der Waals surface area contributed by atoms with Gasteiger partial charge in [-0.2, -0.15) is 0 Å². The highest BCUT2D eigenvalue weighted by Crippen LogP contribution is 2.66. The first kappa shape index (κ1) is 18.0. The number of carbonyl (C=O) groups is 2. The summed E-state index contributed by atoms with van der Waals surface area (Å²) in [5.74, 6) is 2.24. The van der Waals surface area contributed by atoms with Gasteiger partial charge in [-0.15, -0.1) is 0 Å². The summed E-state index contributed by atoms with van der Waals surface area (Å²) in [7, 11) is 0. The van der Waals surface area contributed by atoms with Crippen LogP contribution in [0.1, 0.15) is 78.6 Å². The van der Waals surface area contributed by atoms with Crippen molar-refractivity contribution >= 4 is 11.8 Å². The fraction of sp³-hybridized carbons (Fsp3) is 0.739. The molecule has 4 rings (SSSR count).